The van der Waals surface area contributed by atoms with Crippen LogP contribution < -0.4 is 15.7 Å². The number of fused-ring (bicyclic) bond motifs is 1. The molecular weight excluding hydrogens is 346 g/mol. The third kappa shape index (κ3) is 4.23. The number of carbonyl (C=O) groups excluding carboxylic acids is 2. The molecule has 0 saturated carbocycles. The average molecular weight is 365 g/mol. The van der Waals surface area contributed by atoms with Crippen LogP contribution in [0.5, 0.6) is 5.75 Å². The van der Waals surface area contributed by atoms with Gasteiger partial charge in [-0.25, -0.2) is 4.79 Å². The summed E-state index contributed by atoms with van der Waals surface area (Å²) in [7, 11) is 0. The van der Waals surface area contributed by atoms with Crippen molar-refractivity contribution in [1.82, 2.24) is 0 Å². The van der Waals surface area contributed by atoms with E-state index >= 15 is 0 Å². The number of nitrogens with one attached hydrogen (secondary N) is 1. The van der Waals surface area contributed by atoms with Crippen molar-refractivity contribution in [2.45, 2.75) is 26.9 Å². The molecule has 0 saturated heterocycles. The highest BCUT2D eigenvalue weighted by molar-refractivity contribution is 5.96. The minimum absolute atomic E-state index is 0.0365. The number of ether oxygens (including phenoxy) is 1. The summed E-state index contributed by atoms with van der Waals surface area (Å²) in [5.74, 6) is 0.105. The quantitative estimate of drug-likeness (QED) is 0.550. The van der Waals surface area contributed by atoms with Gasteiger partial charge in [0.15, 0.2) is 11.9 Å². The zero-order valence-electron chi connectivity index (χ0n) is 15.2. The van der Waals surface area contributed by atoms with Crippen LogP contribution in [0.4, 0.5) is 5.69 Å². The Balaban J connectivity index is 1.71. The van der Waals surface area contributed by atoms with E-state index in [1.807, 2.05) is 6.92 Å². The normalized spacial score (nSPS) is 11.8. The van der Waals surface area contributed by atoms with Gasteiger partial charge in [-0.1, -0.05) is 0 Å². The highest BCUT2D eigenvalue weighted by Gasteiger charge is 2.16. The average Bonchev–Trinajstić information content (AvgIpc) is 2.61. The molecule has 0 bridgehead atoms. The topological polar surface area (TPSA) is 85.6 Å². The molecular formula is C21H19NO5. The maximum atomic E-state index is 12.4. The summed E-state index contributed by atoms with van der Waals surface area (Å²) in [6.45, 7) is 4.93. The van der Waals surface area contributed by atoms with Crippen LogP contribution in [0.25, 0.3) is 11.0 Å². The van der Waals surface area contributed by atoms with Gasteiger partial charge in [0.2, 0.25) is 0 Å². The standard InChI is InChI=1S/C21H19NO5/c1-12-10-20(24)27-19-11-16(6-9-18(12)19)22-21(25)14(3)26-17-7-4-15(5-8-17)13(2)23/h4-11,14H,1-3H3,(H,22,25)/t14-/m1/s1. The summed E-state index contributed by atoms with van der Waals surface area (Å²) < 4.78 is 10.8. The molecule has 0 unspecified atom stereocenters. The molecule has 1 atom stereocenters. The fraction of sp³-hybridized carbons (Fsp3) is 0.190. The van der Waals surface area contributed by atoms with Crippen LogP contribution in [0, 0.1) is 6.92 Å². The molecule has 1 aromatic heterocycles. The van der Waals surface area contributed by atoms with Crippen LogP contribution in [-0.4, -0.2) is 17.8 Å². The van der Waals surface area contributed by atoms with E-state index < -0.39 is 11.7 Å². The number of rotatable bonds is 5. The first-order valence-corrected chi connectivity index (χ1v) is 8.46. The van der Waals surface area contributed by atoms with E-state index in [9.17, 15) is 14.4 Å². The molecule has 0 fully saturated rings. The van der Waals surface area contributed by atoms with E-state index in [0.717, 1.165) is 10.9 Å². The van der Waals surface area contributed by atoms with E-state index in [1.54, 1.807) is 49.4 Å². The minimum Gasteiger partial charge on any atom is -0.481 e. The summed E-state index contributed by atoms with van der Waals surface area (Å²) in [4.78, 5) is 35.2. The summed E-state index contributed by atoms with van der Waals surface area (Å²) in [6, 6.07) is 13.1. The van der Waals surface area contributed by atoms with Gasteiger partial charge in [0, 0.05) is 28.8 Å². The van der Waals surface area contributed by atoms with Gasteiger partial charge in [-0.15, -0.1) is 0 Å². The van der Waals surface area contributed by atoms with Crippen LogP contribution in [0.1, 0.15) is 29.8 Å². The number of carbonyl (C=O) groups is 2. The van der Waals surface area contributed by atoms with Gasteiger partial charge in [0.1, 0.15) is 11.3 Å². The molecule has 1 amide bonds. The summed E-state index contributed by atoms with van der Waals surface area (Å²) >= 11 is 0. The second-order valence-electron chi connectivity index (χ2n) is 6.29. The van der Waals surface area contributed by atoms with Crippen molar-refractivity contribution in [2.24, 2.45) is 0 Å². The summed E-state index contributed by atoms with van der Waals surface area (Å²) in [5, 5.41) is 3.55. The van der Waals surface area contributed by atoms with Crippen LogP contribution in [0.2, 0.25) is 0 Å². The van der Waals surface area contributed by atoms with Crippen LogP contribution in [-0.2, 0) is 4.79 Å². The molecule has 6 nitrogen and oxygen atoms in total. The van der Waals surface area contributed by atoms with Crippen molar-refractivity contribution < 1.29 is 18.7 Å². The van der Waals surface area contributed by atoms with Crippen LogP contribution in [0.15, 0.2) is 57.7 Å². The minimum atomic E-state index is -0.756. The first-order chi connectivity index (χ1) is 12.8. The molecule has 27 heavy (non-hydrogen) atoms. The Labute approximate surface area is 155 Å². The van der Waals surface area contributed by atoms with E-state index in [1.165, 1.54) is 13.0 Å². The van der Waals surface area contributed by atoms with Gasteiger partial charge < -0.3 is 14.5 Å². The van der Waals surface area contributed by atoms with E-state index in [-0.39, 0.29) is 11.7 Å². The SMILES string of the molecule is CC(=O)c1ccc(O[C@H](C)C(=O)Nc2ccc3c(C)cc(=O)oc3c2)cc1. The van der Waals surface area contributed by atoms with Crippen molar-refractivity contribution >= 4 is 28.3 Å². The predicted molar refractivity (Wildman–Crippen MR) is 102 cm³/mol. The lowest BCUT2D eigenvalue weighted by molar-refractivity contribution is -0.122. The van der Waals surface area contributed by atoms with Crippen molar-refractivity contribution in [1.29, 1.82) is 0 Å². The molecule has 2 aromatic carbocycles. The maximum absolute atomic E-state index is 12.4. The van der Waals surface area contributed by atoms with E-state index in [4.69, 9.17) is 9.15 Å². The monoisotopic (exact) mass is 365 g/mol. The summed E-state index contributed by atoms with van der Waals surface area (Å²) in [5.41, 5.74) is 1.86. The van der Waals surface area contributed by atoms with Crippen molar-refractivity contribution in [3.63, 3.8) is 0 Å². The Morgan fingerprint density at radius 1 is 1.07 bits per heavy atom. The molecule has 3 rings (SSSR count). The molecule has 0 aliphatic rings. The zero-order valence-corrected chi connectivity index (χ0v) is 15.2. The van der Waals surface area contributed by atoms with Gasteiger partial charge in [-0.2, -0.15) is 0 Å². The number of hydrogen-bond donors (Lipinski definition) is 1. The lowest BCUT2D eigenvalue weighted by Gasteiger charge is -2.15. The van der Waals surface area contributed by atoms with E-state index in [0.29, 0.717) is 22.6 Å². The van der Waals surface area contributed by atoms with Crippen molar-refractivity contribution in [3.8, 4) is 5.75 Å². The third-order valence-electron chi connectivity index (χ3n) is 4.16. The van der Waals surface area contributed by atoms with Gasteiger partial charge in [0.25, 0.3) is 5.91 Å². The van der Waals surface area contributed by atoms with Crippen LogP contribution >= 0.6 is 0 Å². The Morgan fingerprint density at radius 2 is 1.78 bits per heavy atom. The number of hydrogen-bond acceptors (Lipinski definition) is 5. The van der Waals surface area contributed by atoms with Gasteiger partial charge in [-0.3, -0.25) is 9.59 Å². The van der Waals surface area contributed by atoms with Crippen molar-refractivity contribution in [3.05, 3.63) is 70.1 Å². The largest absolute Gasteiger partial charge is 0.481 e. The smallest absolute Gasteiger partial charge is 0.336 e. The summed E-state index contributed by atoms with van der Waals surface area (Å²) in [6.07, 6.45) is -0.756. The molecule has 0 radical (unpaired) electrons. The Morgan fingerprint density at radius 3 is 2.44 bits per heavy atom. The molecule has 3 aromatic rings. The van der Waals surface area contributed by atoms with Crippen molar-refractivity contribution in [2.75, 3.05) is 5.32 Å². The number of aryl methyl sites for hydroxylation is 1. The predicted octanol–water partition coefficient (Wildman–Crippen LogP) is 3.71. The number of ketones is 1. The lowest BCUT2D eigenvalue weighted by atomic mass is 10.1. The lowest BCUT2D eigenvalue weighted by Crippen LogP contribution is -2.30. The number of Topliss-reactive ketones (excluding diaryl/α,β-unsaturated/α-hetero) is 1. The Hall–Kier alpha value is -3.41. The number of benzene rings is 2. The fourth-order valence-electron chi connectivity index (χ4n) is 2.67. The second-order valence-corrected chi connectivity index (χ2v) is 6.29. The highest BCUT2D eigenvalue weighted by atomic mass is 16.5. The van der Waals surface area contributed by atoms with Gasteiger partial charge in [-0.05, 0) is 62.7 Å². The highest BCUT2D eigenvalue weighted by Crippen LogP contribution is 2.21. The number of anilines is 1. The first kappa shape index (κ1) is 18.4. The molecule has 0 spiro atoms. The van der Waals surface area contributed by atoms with Gasteiger partial charge >= 0.3 is 5.63 Å². The molecule has 1 heterocycles. The molecule has 1 N–H and O–H groups in total. The fourth-order valence-corrected chi connectivity index (χ4v) is 2.67. The van der Waals surface area contributed by atoms with E-state index in [2.05, 4.69) is 5.32 Å². The number of amides is 1. The van der Waals surface area contributed by atoms with Gasteiger partial charge in [0.05, 0.1) is 0 Å². The Bertz CT molecular complexity index is 1070. The first-order valence-electron chi connectivity index (χ1n) is 8.46. The maximum Gasteiger partial charge on any atom is 0.336 e. The Kier molecular flexibility index (Phi) is 5.07. The second kappa shape index (κ2) is 7.45. The van der Waals surface area contributed by atoms with Crippen LogP contribution in [0.3, 0.4) is 0 Å². The molecule has 0 aliphatic carbocycles. The molecule has 6 heteroatoms. The zero-order chi connectivity index (χ0) is 19.6. The molecule has 0 aliphatic heterocycles. The third-order valence-corrected chi connectivity index (χ3v) is 4.16. The molecule has 138 valence electrons.